The number of hydrogen-bond acceptors (Lipinski definition) is 5. The van der Waals surface area contributed by atoms with Crippen LogP contribution in [0.2, 0.25) is 5.02 Å². The molecule has 0 saturated carbocycles. The fourth-order valence-electron chi connectivity index (χ4n) is 3.75. The normalized spacial score (nSPS) is 16.1. The van der Waals surface area contributed by atoms with E-state index in [0.717, 1.165) is 36.5 Å². The van der Waals surface area contributed by atoms with Gasteiger partial charge < -0.3 is 15.0 Å². The number of nitrogens with one attached hydrogen (secondary N) is 1. The fraction of sp³-hybridized carbons (Fsp3) is 0.292. The van der Waals surface area contributed by atoms with Crippen LogP contribution in [0.1, 0.15) is 19.8 Å². The fourth-order valence-corrected chi connectivity index (χ4v) is 3.88. The van der Waals surface area contributed by atoms with Crippen LogP contribution in [0.3, 0.4) is 0 Å². The van der Waals surface area contributed by atoms with E-state index in [1.807, 2.05) is 67.6 Å². The molecular weight excluding hydrogens is 412 g/mol. The number of nitrogens with zero attached hydrogens (tertiary/aromatic N) is 3. The molecule has 1 atom stereocenters. The number of anilines is 2. The predicted molar refractivity (Wildman–Crippen MR) is 124 cm³/mol. The second-order valence-corrected chi connectivity index (χ2v) is 7.92. The van der Waals surface area contributed by atoms with E-state index in [1.54, 1.807) is 0 Å². The van der Waals surface area contributed by atoms with E-state index in [-0.39, 0.29) is 11.8 Å². The lowest BCUT2D eigenvalue weighted by molar-refractivity contribution is -0.120. The highest BCUT2D eigenvalue weighted by Crippen LogP contribution is 2.27. The lowest BCUT2D eigenvalue weighted by Gasteiger charge is -2.32. The molecule has 1 fully saturated rings. The third-order valence-corrected chi connectivity index (χ3v) is 5.60. The number of para-hydroxylation sites is 2. The zero-order valence-corrected chi connectivity index (χ0v) is 18.2. The maximum atomic E-state index is 12.9. The molecule has 160 valence electrons. The standard InChI is InChI=1S/C24H25ClN4O2/c1-2-31-22-8-4-3-7-21(22)26-24(30)18-6-5-15-29(16-18)23-14-13-20(27-28-23)17-9-11-19(25)12-10-17/h3-4,7-14,18H,2,5-6,15-16H2,1H3,(H,26,30). The summed E-state index contributed by atoms with van der Waals surface area (Å²) in [5, 5.41) is 12.5. The summed E-state index contributed by atoms with van der Waals surface area (Å²) in [6, 6.07) is 19.0. The first-order chi connectivity index (χ1) is 15.1. The van der Waals surface area contributed by atoms with Crippen molar-refractivity contribution in [3.63, 3.8) is 0 Å². The Hall–Kier alpha value is -3.12. The predicted octanol–water partition coefficient (Wildman–Crippen LogP) is 5.05. The number of carbonyl (C=O) groups is 1. The molecule has 31 heavy (non-hydrogen) atoms. The Kier molecular flexibility index (Phi) is 6.67. The lowest BCUT2D eigenvalue weighted by Crippen LogP contribution is -2.41. The molecule has 1 N–H and O–H groups in total. The van der Waals surface area contributed by atoms with Crippen molar-refractivity contribution in [1.29, 1.82) is 0 Å². The van der Waals surface area contributed by atoms with Crippen molar-refractivity contribution in [3.8, 4) is 17.0 Å². The number of rotatable bonds is 6. The molecule has 2 heterocycles. The Labute approximate surface area is 187 Å². The first kappa shape index (κ1) is 21.1. The van der Waals surface area contributed by atoms with E-state index in [2.05, 4.69) is 20.4 Å². The SMILES string of the molecule is CCOc1ccccc1NC(=O)C1CCCN(c2ccc(-c3ccc(Cl)cc3)nn2)C1. The van der Waals surface area contributed by atoms with Gasteiger partial charge in [0.25, 0.3) is 0 Å². The van der Waals surface area contributed by atoms with E-state index in [0.29, 0.717) is 29.6 Å². The Morgan fingerprint density at radius 1 is 1.13 bits per heavy atom. The van der Waals surface area contributed by atoms with Crippen LogP contribution in [0.5, 0.6) is 5.75 Å². The van der Waals surface area contributed by atoms with Gasteiger partial charge in [0, 0.05) is 23.7 Å². The Bertz CT molecular complexity index is 1020. The molecule has 1 amide bonds. The van der Waals surface area contributed by atoms with Gasteiger partial charge in [0.05, 0.1) is 23.9 Å². The summed E-state index contributed by atoms with van der Waals surface area (Å²) in [6.07, 6.45) is 1.77. The molecule has 1 aliphatic heterocycles. The summed E-state index contributed by atoms with van der Waals surface area (Å²) < 4.78 is 5.62. The maximum Gasteiger partial charge on any atom is 0.229 e. The Balaban J connectivity index is 1.42. The average Bonchev–Trinajstić information content (AvgIpc) is 2.81. The van der Waals surface area contributed by atoms with Gasteiger partial charge in [-0.15, -0.1) is 10.2 Å². The lowest BCUT2D eigenvalue weighted by atomic mass is 9.97. The molecule has 0 bridgehead atoms. The van der Waals surface area contributed by atoms with Gasteiger partial charge in [0.1, 0.15) is 5.75 Å². The van der Waals surface area contributed by atoms with Crippen LogP contribution >= 0.6 is 11.6 Å². The number of carbonyl (C=O) groups excluding carboxylic acids is 1. The van der Waals surface area contributed by atoms with Crippen molar-refractivity contribution in [2.24, 2.45) is 5.92 Å². The van der Waals surface area contributed by atoms with Crippen LogP contribution in [0.4, 0.5) is 11.5 Å². The topological polar surface area (TPSA) is 67.3 Å². The highest BCUT2D eigenvalue weighted by molar-refractivity contribution is 6.30. The van der Waals surface area contributed by atoms with Gasteiger partial charge in [-0.3, -0.25) is 4.79 Å². The maximum absolute atomic E-state index is 12.9. The van der Waals surface area contributed by atoms with Crippen LogP contribution < -0.4 is 15.0 Å². The number of piperidine rings is 1. The molecule has 3 aromatic rings. The van der Waals surface area contributed by atoms with Crippen LogP contribution in [0.25, 0.3) is 11.3 Å². The molecule has 1 aliphatic rings. The number of benzene rings is 2. The van der Waals surface area contributed by atoms with Gasteiger partial charge in [-0.05, 0) is 56.2 Å². The minimum Gasteiger partial charge on any atom is -0.492 e. The van der Waals surface area contributed by atoms with Crippen molar-refractivity contribution >= 4 is 29.0 Å². The third kappa shape index (κ3) is 5.14. The third-order valence-electron chi connectivity index (χ3n) is 5.35. The largest absolute Gasteiger partial charge is 0.492 e. The molecule has 7 heteroatoms. The minimum absolute atomic E-state index is 0.00240. The molecule has 0 spiro atoms. The van der Waals surface area contributed by atoms with Crippen molar-refractivity contribution < 1.29 is 9.53 Å². The second kappa shape index (κ2) is 9.79. The first-order valence-electron chi connectivity index (χ1n) is 10.5. The van der Waals surface area contributed by atoms with Gasteiger partial charge in [0.2, 0.25) is 5.91 Å². The van der Waals surface area contributed by atoms with Crippen LogP contribution in [0, 0.1) is 5.92 Å². The summed E-state index contributed by atoms with van der Waals surface area (Å²) >= 11 is 5.96. The van der Waals surface area contributed by atoms with Crippen molar-refractivity contribution in [1.82, 2.24) is 10.2 Å². The molecule has 1 saturated heterocycles. The number of amides is 1. The Morgan fingerprint density at radius 2 is 1.94 bits per heavy atom. The molecule has 1 unspecified atom stereocenters. The Morgan fingerprint density at radius 3 is 2.68 bits per heavy atom. The second-order valence-electron chi connectivity index (χ2n) is 7.49. The smallest absolute Gasteiger partial charge is 0.229 e. The van der Waals surface area contributed by atoms with E-state index < -0.39 is 0 Å². The molecular formula is C24H25ClN4O2. The van der Waals surface area contributed by atoms with Crippen molar-refractivity contribution in [2.75, 3.05) is 29.9 Å². The number of ether oxygens (including phenoxy) is 1. The highest BCUT2D eigenvalue weighted by atomic mass is 35.5. The molecule has 6 nitrogen and oxygen atoms in total. The molecule has 2 aromatic carbocycles. The van der Waals surface area contributed by atoms with Gasteiger partial charge in [-0.1, -0.05) is 35.9 Å². The number of aromatic nitrogens is 2. The monoisotopic (exact) mass is 436 g/mol. The summed E-state index contributed by atoms with van der Waals surface area (Å²) in [7, 11) is 0. The number of halogens is 1. The quantitative estimate of drug-likeness (QED) is 0.585. The van der Waals surface area contributed by atoms with Gasteiger partial charge >= 0.3 is 0 Å². The minimum atomic E-state index is -0.124. The zero-order valence-electron chi connectivity index (χ0n) is 17.4. The van der Waals surface area contributed by atoms with Crippen LogP contribution in [-0.4, -0.2) is 35.8 Å². The van der Waals surface area contributed by atoms with Gasteiger partial charge in [-0.25, -0.2) is 0 Å². The number of hydrogen-bond donors (Lipinski definition) is 1. The average molecular weight is 437 g/mol. The highest BCUT2D eigenvalue weighted by Gasteiger charge is 2.27. The van der Waals surface area contributed by atoms with Crippen molar-refractivity contribution in [2.45, 2.75) is 19.8 Å². The summed E-state index contributed by atoms with van der Waals surface area (Å²) in [4.78, 5) is 15.1. The van der Waals surface area contributed by atoms with Crippen LogP contribution in [-0.2, 0) is 4.79 Å². The van der Waals surface area contributed by atoms with Gasteiger partial charge in [0.15, 0.2) is 5.82 Å². The van der Waals surface area contributed by atoms with Crippen LogP contribution in [0.15, 0.2) is 60.7 Å². The van der Waals surface area contributed by atoms with E-state index >= 15 is 0 Å². The molecule has 1 aromatic heterocycles. The van der Waals surface area contributed by atoms with E-state index in [4.69, 9.17) is 16.3 Å². The molecule has 0 aliphatic carbocycles. The summed E-state index contributed by atoms with van der Waals surface area (Å²) in [5.74, 6) is 1.35. The van der Waals surface area contributed by atoms with Gasteiger partial charge in [-0.2, -0.15) is 0 Å². The van der Waals surface area contributed by atoms with E-state index in [1.165, 1.54) is 0 Å². The molecule has 4 rings (SSSR count). The molecule has 0 radical (unpaired) electrons. The summed E-state index contributed by atoms with van der Waals surface area (Å²) in [6.45, 7) is 3.94. The van der Waals surface area contributed by atoms with E-state index in [9.17, 15) is 4.79 Å². The van der Waals surface area contributed by atoms with Crippen molar-refractivity contribution in [3.05, 3.63) is 65.7 Å². The first-order valence-corrected chi connectivity index (χ1v) is 10.9. The summed E-state index contributed by atoms with van der Waals surface area (Å²) in [5.41, 5.74) is 2.46. The zero-order chi connectivity index (χ0) is 21.6.